The number of nitrogens with zero attached hydrogens (tertiary/aromatic N) is 1. The Hall–Kier alpha value is -2.65. The van der Waals surface area contributed by atoms with E-state index in [1.165, 1.54) is 24.3 Å². The molecule has 0 aliphatic rings. The average Bonchev–Trinajstić information content (AvgIpc) is 3.29. The third-order valence-corrected chi connectivity index (χ3v) is 5.16. The van der Waals surface area contributed by atoms with Gasteiger partial charge in [-0.3, -0.25) is 14.9 Å². The van der Waals surface area contributed by atoms with Crippen molar-refractivity contribution >= 4 is 39.7 Å². The Bertz CT molecular complexity index is 957. The zero-order chi connectivity index (χ0) is 19.4. The number of amides is 1. The Morgan fingerprint density at radius 3 is 2.74 bits per heavy atom. The van der Waals surface area contributed by atoms with Gasteiger partial charge in [-0.2, -0.15) is 0 Å². The number of halogens is 2. The summed E-state index contributed by atoms with van der Waals surface area (Å²) in [6, 6.07) is 7.08. The number of carbonyl (C=O) groups excluding carboxylic acids is 2. The van der Waals surface area contributed by atoms with E-state index >= 15 is 0 Å². The maximum Gasteiger partial charge on any atom is 0.311 e. The highest BCUT2D eigenvalue weighted by molar-refractivity contribution is 7.14. The van der Waals surface area contributed by atoms with Crippen LogP contribution in [0.4, 0.5) is 13.9 Å². The van der Waals surface area contributed by atoms with Crippen molar-refractivity contribution in [2.45, 2.75) is 19.4 Å². The van der Waals surface area contributed by atoms with E-state index in [2.05, 4.69) is 10.3 Å². The van der Waals surface area contributed by atoms with Gasteiger partial charge in [0.25, 0.3) is 5.91 Å². The van der Waals surface area contributed by atoms with E-state index in [0.717, 1.165) is 28.3 Å². The van der Waals surface area contributed by atoms with Gasteiger partial charge < -0.3 is 4.74 Å². The summed E-state index contributed by atoms with van der Waals surface area (Å²) in [6.45, 7) is 1.46. The van der Waals surface area contributed by atoms with Gasteiger partial charge in [-0.15, -0.1) is 22.7 Å². The number of hydrogen-bond donors (Lipinski definition) is 1. The van der Waals surface area contributed by atoms with Crippen LogP contribution < -0.4 is 5.32 Å². The first-order valence-corrected chi connectivity index (χ1v) is 9.62. The second kappa shape index (κ2) is 8.36. The average molecular weight is 408 g/mol. The Balaban J connectivity index is 1.58. The van der Waals surface area contributed by atoms with Gasteiger partial charge in [0.1, 0.15) is 0 Å². The second-order valence-electron chi connectivity index (χ2n) is 5.54. The van der Waals surface area contributed by atoms with Crippen molar-refractivity contribution in [2.75, 3.05) is 5.32 Å². The fraction of sp³-hybridized carbons (Fsp3) is 0.167. The molecule has 1 N–H and O–H groups in total. The number of ether oxygens (including phenoxy) is 1. The van der Waals surface area contributed by atoms with Gasteiger partial charge in [-0.1, -0.05) is 6.07 Å². The molecular formula is C18H14F2N2O3S2. The number of carbonyl (C=O) groups is 2. The molecule has 0 unspecified atom stereocenters. The molecule has 0 spiro atoms. The highest BCUT2D eigenvalue weighted by Crippen LogP contribution is 2.26. The third kappa shape index (κ3) is 4.95. The molecule has 5 nitrogen and oxygen atoms in total. The molecule has 1 amide bonds. The van der Waals surface area contributed by atoms with Crippen molar-refractivity contribution in [3.8, 4) is 11.3 Å². The lowest BCUT2D eigenvalue weighted by Gasteiger charge is -2.11. The number of benzene rings is 1. The van der Waals surface area contributed by atoms with E-state index in [-0.39, 0.29) is 11.6 Å². The smallest absolute Gasteiger partial charge is 0.311 e. The summed E-state index contributed by atoms with van der Waals surface area (Å²) in [7, 11) is 0. The zero-order valence-electron chi connectivity index (χ0n) is 14.1. The SMILES string of the molecule is C[C@@H](OC(=O)Cc1cccs1)C(=O)Nc1nc(-c2ccc(F)c(F)c2)cs1. The standard InChI is InChI=1S/C18H14F2N2O3S2/c1-10(25-16(23)8-12-3-2-6-26-12)17(24)22-18-21-15(9-27-18)11-4-5-13(19)14(20)7-11/h2-7,9-10H,8H2,1H3,(H,21,22,24)/t10-/m1/s1. The Labute approximate surface area is 161 Å². The van der Waals surface area contributed by atoms with Crippen LogP contribution in [0, 0.1) is 11.6 Å². The molecule has 140 valence electrons. The summed E-state index contributed by atoms with van der Waals surface area (Å²) in [4.78, 5) is 29.0. The van der Waals surface area contributed by atoms with E-state index in [0.29, 0.717) is 11.3 Å². The maximum absolute atomic E-state index is 13.3. The molecule has 1 atom stereocenters. The van der Waals surface area contributed by atoms with Gasteiger partial charge in [-0.05, 0) is 36.6 Å². The normalized spacial score (nSPS) is 11.8. The summed E-state index contributed by atoms with van der Waals surface area (Å²) in [5.74, 6) is -2.94. The fourth-order valence-electron chi connectivity index (χ4n) is 2.17. The van der Waals surface area contributed by atoms with Crippen LogP contribution in [0.3, 0.4) is 0 Å². The molecule has 0 bridgehead atoms. The molecule has 2 heterocycles. The monoisotopic (exact) mass is 408 g/mol. The van der Waals surface area contributed by atoms with Gasteiger partial charge in [0.15, 0.2) is 22.9 Å². The summed E-state index contributed by atoms with van der Waals surface area (Å²) < 4.78 is 31.5. The lowest BCUT2D eigenvalue weighted by molar-refractivity contribution is -0.152. The number of nitrogens with one attached hydrogen (secondary N) is 1. The van der Waals surface area contributed by atoms with Crippen molar-refractivity contribution in [1.82, 2.24) is 4.98 Å². The minimum Gasteiger partial charge on any atom is -0.452 e. The van der Waals surface area contributed by atoms with Crippen molar-refractivity contribution in [3.05, 3.63) is 57.6 Å². The lowest BCUT2D eigenvalue weighted by Crippen LogP contribution is -2.30. The minimum atomic E-state index is -0.993. The highest BCUT2D eigenvalue weighted by atomic mass is 32.1. The zero-order valence-corrected chi connectivity index (χ0v) is 15.7. The predicted octanol–water partition coefficient (Wildman–Crippen LogP) is 4.26. The molecule has 3 aromatic rings. The van der Waals surface area contributed by atoms with Crippen LogP contribution in [0.1, 0.15) is 11.8 Å². The summed E-state index contributed by atoms with van der Waals surface area (Å²) in [5.41, 5.74) is 0.789. The van der Waals surface area contributed by atoms with Gasteiger partial charge in [0.2, 0.25) is 0 Å². The third-order valence-electron chi connectivity index (χ3n) is 3.53. The molecule has 2 aromatic heterocycles. The van der Waals surface area contributed by atoms with Crippen LogP contribution in [0.25, 0.3) is 11.3 Å². The molecule has 0 fully saturated rings. The van der Waals surface area contributed by atoms with E-state index < -0.39 is 29.6 Å². The molecular weight excluding hydrogens is 394 g/mol. The molecule has 3 rings (SSSR count). The Morgan fingerprint density at radius 2 is 2.04 bits per heavy atom. The lowest BCUT2D eigenvalue weighted by atomic mass is 10.2. The van der Waals surface area contributed by atoms with Crippen molar-refractivity contribution in [1.29, 1.82) is 0 Å². The highest BCUT2D eigenvalue weighted by Gasteiger charge is 2.20. The van der Waals surface area contributed by atoms with Gasteiger partial charge in [-0.25, -0.2) is 13.8 Å². The fourth-order valence-corrected chi connectivity index (χ4v) is 3.59. The summed E-state index contributed by atoms with van der Waals surface area (Å²) >= 11 is 2.56. The first-order valence-electron chi connectivity index (χ1n) is 7.86. The predicted molar refractivity (Wildman–Crippen MR) is 99.7 cm³/mol. The molecule has 9 heteroatoms. The Kier molecular flexibility index (Phi) is 5.92. The van der Waals surface area contributed by atoms with Crippen LogP contribution in [0.15, 0.2) is 41.1 Å². The van der Waals surface area contributed by atoms with Gasteiger partial charge in [0.05, 0.1) is 12.1 Å². The second-order valence-corrected chi connectivity index (χ2v) is 7.43. The van der Waals surface area contributed by atoms with E-state index in [1.54, 1.807) is 5.38 Å². The summed E-state index contributed by atoms with van der Waals surface area (Å²) in [5, 5.41) is 6.27. The van der Waals surface area contributed by atoms with Crippen molar-refractivity contribution in [3.63, 3.8) is 0 Å². The molecule has 0 saturated heterocycles. The van der Waals surface area contributed by atoms with Crippen LogP contribution in [-0.2, 0) is 20.7 Å². The van der Waals surface area contributed by atoms with E-state index in [9.17, 15) is 18.4 Å². The number of thiophene rings is 1. The van der Waals surface area contributed by atoms with Crippen LogP contribution in [0.5, 0.6) is 0 Å². The number of esters is 1. The molecule has 0 saturated carbocycles. The van der Waals surface area contributed by atoms with Crippen LogP contribution >= 0.6 is 22.7 Å². The molecule has 0 radical (unpaired) electrons. The number of anilines is 1. The largest absolute Gasteiger partial charge is 0.452 e. The first kappa shape index (κ1) is 19.1. The molecule has 1 aromatic carbocycles. The van der Waals surface area contributed by atoms with Gasteiger partial charge >= 0.3 is 5.97 Å². The topological polar surface area (TPSA) is 68.3 Å². The van der Waals surface area contributed by atoms with Gasteiger partial charge in [0, 0.05) is 15.8 Å². The molecule has 0 aliphatic carbocycles. The number of hydrogen-bond acceptors (Lipinski definition) is 6. The Morgan fingerprint density at radius 1 is 1.22 bits per heavy atom. The number of rotatable bonds is 6. The molecule has 27 heavy (non-hydrogen) atoms. The first-order chi connectivity index (χ1) is 12.9. The molecule has 0 aliphatic heterocycles. The maximum atomic E-state index is 13.3. The van der Waals surface area contributed by atoms with E-state index in [1.807, 2.05) is 17.5 Å². The van der Waals surface area contributed by atoms with Crippen molar-refractivity contribution < 1.29 is 23.1 Å². The van der Waals surface area contributed by atoms with Crippen LogP contribution in [0.2, 0.25) is 0 Å². The number of aromatic nitrogens is 1. The van der Waals surface area contributed by atoms with Crippen LogP contribution in [-0.4, -0.2) is 23.0 Å². The quantitative estimate of drug-likeness (QED) is 0.619. The summed E-state index contributed by atoms with van der Waals surface area (Å²) in [6.07, 6.45) is -0.889. The minimum absolute atomic E-state index is 0.104. The number of thiazole rings is 1. The van der Waals surface area contributed by atoms with E-state index in [4.69, 9.17) is 4.74 Å². The van der Waals surface area contributed by atoms with Crippen molar-refractivity contribution in [2.24, 2.45) is 0 Å².